The minimum atomic E-state index is -0.340. The van der Waals surface area contributed by atoms with Gasteiger partial charge in [-0.2, -0.15) is 5.26 Å². The van der Waals surface area contributed by atoms with E-state index >= 15 is 0 Å². The number of hydrogen-bond acceptors (Lipinski definition) is 4. The van der Waals surface area contributed by atoms with E-state index in [-0.39, 0.29) is 12.0 Å². The van der Waals surface area contributed by atoms with Crippen molar-refractivity contribution in [3.05, 3.63) is 59.7 Å². The molecule has 0 saturated carbocycles. The second-order valence-corrected chi connectivity index (χ2v) is 4.50. The fourth-order valence-corrected chi connectivity index (χ4v) is 2.31. The second-order valence-electron chi connectivity index (χ2n) is 4.50. The van der Waals surface area contributed by atoms with Crippen LogP contribution in [0.15, 0.2) is 54.1 Å². The number of rotatable bonds is 4. The highest BCUT2D eigenvalue weighted by Crippen LogP contribution is 2.23. The molecule has 102 valence electrons. The lowest BCUT2D eigenvalue weighted by Gasteiger charge is -2.23. The van der Waals surface area contributed by atoms with Gasteiger partial charge >= 0.3 is 5.97 Å². The Labute approximate surface area is 118 Å². The maximum Gasteiger partial charge on any atom is 0.335 e. The molecule has 1 aliphatic rings. The van der Waals surface area contributed by atoms with E-state index in [9.17, 15) is 4.79 Å². The minimum absolute atomic E-state index is 0.206. The first-order chi connectivity index (χ1) is 9.76. The summed E-state index contributed by atoms with van der Waals surface area (Å²) >= 11 is 0. The Morgan fingerprint density at radius 2 is 2.25 bits per heavy atom. The molecule has 0 spiro atoms. The molecule has 0 aromatic heterocycles. The third-order valence-corrected chi connectivity index (χ3v) is 3.26. The molecular weight excluding hydrogens is 252 g/mol. The van der Waals surface area contributed by atoms with Crippen LogP contribution in [-0.4, -0.2) is 30.6 Å². The minimum Gasteiger partial charge on any atom is -0.466 e. The summed E-state index contributed by atoms with van der Waals surface area (Å²) in [6, 6.07) is 11.8. The Morgan fingerprint density at radius 3 is 2.90 bits per heavy atom. The van der Waals surface area contributed by atoms with E-state index in [0.29, 0.717) is 12.1 Å². The Morgan fingerprint density at radius 1 is 1.50 bits per heavy atom. The molecule has 0 amide bonds. The quantitative estimate of drug-likeness (QED) is 0.619. The highest BCUT2D eigenvalue weighted by Gasteiger charge is 2.30. The van der Waals surface area contributed by atoms with Gasteiger partial charge < -0.3 is 4.74 Å². The number of nitrogens with zero attached hydrogens (tertiary/aromatic N) is 2. The third kappa shape index (κ3) is 3.14. The van der Waals surface area contributed by atoms with Crippen LogP contribution < -0.4 is 0 Å². The molecule has 0 unspecified atom stereocenters. The first-order valence-electron chi connectivity index (χ1n) is 6.39. The van der Waals surface area contributed by atoms with Gasteiger partial charge in [0.25, 0.3) is 0 Å². The molecule has 1 aromatic rings. The van der Waals surface area contributed by atoms with E-state index in [1.54, 1.807) is 6.08 Å². The Bertz CT molecular complexity index is 570. The lowest BCUT2D eigenvalue weighted by Crippen LogP contribution is -2.32. The van der Waals surface area contributed by atoms with Crippen LogP contribution in [0, 0.1) is 11.3 Å². The SMILES string of the molecule is COC(=O)C1=CCN(Cc2ccccc2)[C@H]1/C=C\C#N. The van der Waals surface area contributed by atoms with Crippen molar-refractivity contribution in [2.24, 2.45) is 0 Å². The fourth-order valence-electron chi connectivity index (χ4n) is 2.31. The van der Waals surface area contributed by atoms with Crippen LogP contribution >= 0.6 is 0 Å². The summed E-state index contributed by atoms with van der Waals surface area (Å²) in [5.74, 6) is -0.340. The molecule has 0 fully saturated rings. The number of hydrogen-bond donors (Lipinski definition) is 0. The largest absolute Gasteiger partial charge is 0.466 e. The molecular formula is C16H16N2O2. The van der Waals surface area contributed by atoms with Gasteiger partial charge in [-0.15, -0.1) is 0 Å². The third-order valence-electron chi connectivity index (χ3n) is 3.26. The van der Waals surface area contributed by atoms with Crippen LogP contribution in [0.2, 0.25) is 0 Å². The zero-order chi connectivity index (χ0) is 14.4. The fraction of sp³-hybridized carbons (Fsp3) is 0.250. The van der Waals surface area contributed by atoms with Crippen molar-refractivity contribution in [3.63, 3.8) is 0 Å². The average molecular weight is 268 g/mol. The number of carbonyl (C=O) groups excluding carboxylic acids is 1. The molecule has 20 heavy (non-hydrogen) atoms. The predicted molar refractivity (Wildman–Crippen MR) is 75.5 cm³/mol. The van der Waals surface area contributed by atoms with E-state index in [1.165, 1.54) is 18.7 Å². The summed E-state index contributed by atoms with van der Waals surface area (Å²) in [7, 11) is 1.37. The summed E-state index contributed by atoms with van der Waals surface area (Å²) in [5, 5.41) is 8.69. The number of ether oxygens (including phenoxy) is 1. The zero-order valence-electron chi connectivity index (χ0n) is 11.3. The van der Waals surface area contributed by atoms with E-state index in [4.69, 9.17) is 10.00 Å². The molecule has 4 nitrogen and oxygen atoms in total. The number of methoxy groups -OCH3 is 1. The predicted octanol–water partition coefficient (Wildman–Crippen LogP) is 2.05. The van der Waals surface area contributed by atoms with E-state index in [2.05, 4.69) is 4.90 Å². The summed E-state index contributed by atoms with van der Waals surface area (Å²) < 4.78 is 4.79. The van der Waals surface area contributed by atoms with E-state index < -0.39 is 0 Å². The molecule has 0 aliphatic carbocycles. The van der Waals surface area contributed by atoms with Crippen molar-refractivity contribution in [2.45, 2.75) is 12.6 Å². The zero-order valence-corrected chi connectivity index (χ0v) is 11.3. The van der Waals surface area contributed by atoms with Crippen LogP contribution in [-0.2, 0) is 16.1 Å². The van der Waals surface area contributed by atoms with E-state index in [0.717, 1.165) is 6.54 Å². The van der Waals surface area contributed by atoms with Gasteiger partial charge in [0.05, 0.1) is 24.8 Å². The maximum absolute atomic E-state index is 11.8. The van der Waals surface area contributed by atoms with Crippen molar-refractivity contribution < 1.29 is 9.53 Å². The lowest BCUT2D eigenvalue weighted by molar-refractivity contribution is -0.136. The molecule has 0 N–H and O–H groups in total. The van der Waals surface area contributed by atoms with Crippen LogP contribution in [0.4, 0.5) is 0 Å². The molecule has 1 heterocycles. The molecule has 1 aliphatic heterocycles. The van der Waals surface area contributed by atoms with Crippen molar-refractivity contribution in [1.29, 1.82) is 5.26 Å². The van der Waals surface area contributed by atoms with Crippen molar-refractivity contribution in [1.82, 2.24) is 4.90 Å². The van der Waals surface area contributed by atoms with Crippen molar-refractivity contribution in [2.75, 3.05) is 13.7 Å². The Hall–Kier alpha value is -2.38. The van der Waals surface area contributed by atoms with Crippen LogP contribution in [0.25, 0.3) is 0 Å². The number of benzene rings is 1. The molecule has 1 aromatic carbocycles. The van der Waals surface area contributed by atoms with Crippen LogP contribution in [0.1, 0.15) is 5.56 Å². The summed E-state index contributed by atoms with van der Waals surface area (Å²) in [5.41, 5.74) is 1.76. The first kappa shape index (κ1) is 14.0. The number of nitriles is 1. The Balaban J connectivity index is 2.16. The molecule has 4 heteroatoms. The topological polar surface area (TPSA) is 53.3 Å². The average Bonchev–Trinajstić information content (AvgIpc) is 2.88. The number of allylic oxidation sites excluding steroid dienone is 1. The molecule has 1 atom stereocenters. The first-order valence-corrected chi connectivity index (χ1v) is 6.39. The van der Waals surface area contributed by atoms with Gasteiger partial charge in [-0.1, -0.05) is 42.5 Å². The lowest BCUT2D eigenvalue weighted by atomic mass is 10.1. The van der Waals surface area contributed by atoms with Crippen molar-refractivity contribution >= 4 is 5.97 Å². The molecule has 0 radical (unpaired) electrons. The van der Waals surface area contributed by atoms with Crippen LogP contribution in [0.3, 0.4) is 0 Å². The molecule has 2 rings (SSSR count). The van der Waals surface area contributed by atoms with Gasteiger partial charge in [0.15, 0.2) is 0 Å². The normalized spacial score (nSPS) is 18.8. The van der Waals surface area contributed by atoms with Gasteiger partial charge in [-0.25, -0.2) is 4.79 Å². The Kier molecular flexibility index (Phi) is 4.70. The standard InChI is InChI=1S/C16H16N2O2/c1-20-16(19)14-9-11-18(15(14)8-5-10-17)12-13-6-3-2-4-7-13/h2-9,15H,11-12H2,1H3/b8-5-/t15-/m0/s1. The molecule has 0 bridgehead atoms. The second kappa shape index (κ2) is 6.69. The monoisotopic (exact) mass is 268 g/mol. The summed E-state index contributed by atoms with van der Waals surface area (Å²) in [6.07, 6.45) is 5.00. The van der Waals surface area contributed by atoms with Crippen molar-refractivity contribution in [3.8, 4) is 6.07 Å². The van der Waals surface area contributed by atoms with Gasteiger partial charge in [0, 0.05) is 19.2 Å². The molecule has 0 saturated heterocycles. The highest BCUT2D eigenvalue weighted by atomic mass is 16.5. The smallest absolute Gasteiger partial charge is 0.335 e. The summed E-state index contributed by atoms with van der Waals surface area (Å²) in [4.78, 5) is 13.9. The van der Waals surface area contributed by atoms with Gasteiger partial charge in [0.2, 0.25) is 0 Å². The highest BCUT2D eigenvalue weighted by molar-refractivity contribution is 5.90. The van der Waals surface area contributed by atoms with Crippen LogP contribution in [0.5, 0.6) is 0 Å². The maximum atomic E-state index is 11.8. The van der Waals surface area contributed by atoms with Gasteiger partial charge in [0.1, 0.15) is 0 Å². The van der Waals surface area contributed by atoms with Gasteiger partial charge in [-0.3, -0.25) is 4.90 Å². The number of esters is 1. The number of carbonyl (C=O) groups is 1. The summed E-state index contributed by atoms with van der Waals surface area (Å²) in [6.45, 7) is 1.39. The van der Waals surface area contributed by atoms with E-state index in [1.807, 2.05) is 42.5 Å². The van der Waals surface area contributed by atoms with Gasteiger partial charge in [-0.05, 0) is 5.56 Å².